The molecule has 6 heteroatoms. The number of hydrogen-bond acceptors (Lipinski definition) is 4. The number of primary amides is 1. The molecule has 0 radical (unpaired) electrons. The Hall–Kier alpha value is -1.20. The number of carbonyl (C=O) groups is 2. The Balaban J connectivity index is 2.27. The average molecular weight is 288 g/mol. The molecule has 0 saturated carbocycles. The molecule has 0 aliphatic carbocycles. The summed E-state index contributed by atoms with van der Waals surface area (Å²) in [5.74, 6) is -0.497. The van der Waals surface area contributed by atoms with Crippen LogP contribution in [0.25, 0.3) is 0 Å². The quantitative estimate of drug-likeness (QED) is 0.643. The van der Waals surface area contributed by atoms with Crippen molar-refractivity contribution in [2.24, 2.45) is 5.73 Å². The summed E-state index contributed by atoms with van der Waals surface area (Å²) in [6.07, 6.45) is -0.650. The van der Waals surface area contributed by atoms with Crippen LogP contribution >= 0.6 is 23.4 Å². The first-order valence-electron chi connectivity index (χ1n) is 5.36. The van der Waals surface area contributed by atoms with Crippen LogP contribution in [0.2, 0.25) is 5.02 Å². The van der Waals surface area contributed by atoms with Crippen molar-refractivity contribution in [3.8, 4) is 0 Å². The van der Waals surface area contributed by atoms with Crippen LogP contribution in [-0.2, 0) is 14.3 Å². The summed E-state index contributed by atoms with van der Waals surface area (Å²) in [7, 11) is 0. The molecular weight excluding hydrogens is 274 g/mol. The van der Waals surface area contributed by atoms with Crippen LogP contribution in [-0.4, -0.2) is 23.7 Å². The van der Waals surface area contributed by atoms with Gasteiger partial charge in [0.05, 0.1) is 6.42 Å². The second-order valence-corrected chi connectivity index (χ2v) is 5.19. The molecule has 0 saturated heterocycles. The van der Waals surface area contributed by atoms with E-state index in [4.69, 9.17) is 22.1 Å². The van der Waals surface area contributed by atoms with E-state index in [0.717, 1.165) is 4.90 Å². The first kappa shape index (κ1) is 14.9. The molecule has 0 spiro atoms. The molecule has 1 aromatic carbocycles. The van der Waals surface area contributed by atoms with E-state index in [1.54, 1.807) is 12.1 Å². The molecule has 0 aliphatic rings. The largest absolute Gasteiger partial charge is 0.453 e. The highest BCUT2D eigenvalue weighted by Crippen LogP contribution is 2.21. The van der Waals surface area contributed by atoms with Crippen molar-refractivity contribution in [1.29, 1.82) is 0 Å². The van der Waals surface area contributed by atoms with Gasteiger partial charge in [0.15, 0.2) is 6.10 Å². The zero-order valence-corrected chi connectivity index (χ0v) is 11.5. The third kappa shape index (κ3) is 5.42. The number of benzene rings is 1. The Kier molecular flexibility index (Phi) is 6.01. The topological polar surface area (TPSA) is 69.4 Å². The normalized spacial score (nSPS) is 11.9. The Morgan fingerprint density at radius 3 is 2.56 bits per heavy atom. The molecule has 0 aliphatic heterocycles. The minimum absolute atomic E-state index is 0.227. The standard InChI is InChI=1S/C12H14ClNO3S/c1-8(12(14)16)17-11(15)6-7-18-10-4-2-9(13)3-5-10/h2-5,8H,6-7H2,1H3,(H2,14,16). The highest BCUT2D eigenvalue weighted by Gasteiger charge is 2.13. The van der Waals surface area contributed by atoms with Crippen LogP contribution in [0, 0.1) is 0 Å². The van der Waals surface area contributed by atoms with Gasteiger partial charge in [-0.05, 0) is 31.2 Å². The average Bonchev–Trinajstić information content (AvgIpc) is 2.31. The van der Waals surface area contributed by atoms with Gasteiger partial charge < -0.3 is 10.5 Å². The summed E-state index contributed by atoms with van der Waals surface area (Å²) in [5, 5.41) is 0.675. The fourth-order valence-electron chi connectivity index (χ4n) is 1.10. The number of nitrogens with two attached hydrogens (primary N) is 1. The molecule has 18 heavy (non-hydrogen) atoms. The van der Waals surface area contributed by atoms with E-state index in [9.17, 15) is 9.59 Å². The second-order valence-electron chi connectivity index (χ2n) is 3.59. The molecular formula is C12H14ClNO3S. The number of rotatable bonds is 6. The molecule has 0 heterocycles. The van der Waals surface area contributed by atoms with Gasteiger partial charge in [0.1, 0.15) is 0 Å². The van der Waals surface area contributed by atoms with Crippen molar-refractivity contribution in [3.05, 3.63) is 29.3 Å². The maximum Gasteiger partial charge on any atom is 0.307 e. The van der Waals surface area contributed by atoms with E-state index < -0.39 is 18.0 Å². The summed E-state index contributed by atoms with van der Waals surface area (Å²) in [5.41, 5.74) is 4.98. The van der Waals surface area contributed by atoms with Crippen molar-refractivity contribution >= 4 is 35.2 Å². The van der Waals surface area contributed by atoms with Crippen LogP contribution in [0.1, 0.15) is 13.3 Å². The Morgan fingerprint density at radius 1 is 1.39 bits per heavy atom. The first-order chi connectivity index (χ1) is 8.49. The van der Waals surface area contributed by atoms with E-state index in [0.29, 0.717) is 10.8 Å². The van der Waals surface area contributed by atoms with Crippen LogP contribution < -0.4 is 5.73 Å². The number of halogens is 1. The number of esters is 1. The molecule has 0 fully saturated rings. The lowest BCUT2D eigenvalue weighted by atomic mass is 10.4. The maximum atomic E-state index is 11.3. The molecule has 2 N–H and O–H groups in total. The summed E-state index contributed by atoms with van der Waals surface area (Å²) < 4.78 is 4.82. The van der Waals surface area contributed by atoms with Gasteiger partial charge in [0.2, 0.25) is 0 Å². The van der Waals surface area contributed by atoms with Gasteiger partial charge in [-0.2, -0.15) is 0 Å². The molecule has 0 bridgehead atoms. The molecule has 1 aromatic rings. The third-order valence-electron chi connectivity index (χ3n) is 2.10. The fraction of sp³-hybridized carbons (Fsp3) is 0.333. The van der Waals surface area contributed by atoms with Crippen molar-refractivity contribution in [3.63, 3.8) is 0 Å². The lowest BCUT2D eigenvalue weighted by Crippen LogP contribution is -2.30. The van der Waals surface area contributed by atoms with Crippen LogP contribution in [0.3, 0.4) is 0 Å². The van der Waals surface area contributed by atoms with E-state index in [1.165, 1.54) is 18.7 Å². The monoisotopic (exact) mass is 287 g/mol. The van der Waals surface area contributed by atoms with E-state index >= 15 is 0 Å². The van der Waals surface area contributed by atoms with Crippen molar-refractivity contribution in [2.75, 3.05) is 5.75 Å². The zero-order valence-electron chi connectivity index (χ0n) is 9.89. The highest BCUT2D eigenvalue weighted by molar-refractivity contribution is 7.99. The molecule has 1 unspecified atom stereocenters. The van der Waals surface area contributed by atoms with E-state index in [2.05, 4.69) is 0 Å². The number of amides is 1. The summed E-state index contributed by atoms with van der Waals surface area (Å²) in [6.45, 7) is 1.45. The van der Waals surface area contributed by atoms with Crippen molar-refractivity contribution < 1.29 is 14.3 Å². The maximum absolute atomic E-state index is 11.3. The predicted octanol–water partition coefficient (Wildman–Crippen LogP) is 2.24. The van der Waals surface area contributed by atoms with E-state index in [-0.39, 0.29) is 6.42 Å². The summed E-state index contributed by atoms with van der Waals surface area (Å²) >= 11 is 7.27. The lowest BCUT2D eigenvalue weighted by Gasteiger charge is -2.09. The van der Waals surface area contributed by atoms with Gasteiger partial charge in [-0.3, -0.25) is 9.59 Å². The SMILES string of the molecule is CC(OC(=O)CCSc1ccc(Cl)cc1)C(N)=O. The number of carbonyl (C=O) groups excluding carboxylic acids is 2. The molecule has 1 amide bonds. The second kappa shape index (κ2) is 7.28. The number of ether oxygens (including phenoxy) is 1. The Labute approximate surface area is 115 Å². The van der Waals surface area contributed by atoms with Crippen molar-refractivity contribution in [1.82, 2.24) is 0 Å². The van der Waals surface area contributed by atoms with Crippen LogP contribution in [0.5, 0.6) is 0 Å². The zero-order chi connectivity index (χ0) is 13.5. The Morgan fingerprint density at radius 2 is 2.00 bits per heavy atom. The van der Waals surface area contributed by atoms with Gasteiger partial charge in [-0.1, -0.05) is 11.6 Å². The number of hydrogen-bond donors (Lipinski definition) is 1. The minimum atomic E-state index is -0.877. The van der Waals surface area contributed by atoms with Gasteiger partial charge in [0, 0.05) is 15.7 Å². The smallest absolute Gasteiger partial charge is 0.307 e. The molecule has 98 valence electrons. The summed E-state index contributed by atoms with van der Waals surface area (Å²) in [6, 6.07) is 7.34. The van der Waals surface area contributed by atoms with Gasteiger partial charge in [-0.15, -0.1) is 11.8 Å². The Bertz CT molecular complexity index is 422. The van der Waals surface area contributed by atoms with Crippen LogP contribution in [0.4, 0.5) is 0 Å². The molecule has 4 nitrogen and oxygen atoms in total. The van der Waals surface area contributed by atoms with Gasteiger partial charge in [-0.25, -0.2) is 0 Å². The fourth-order valence-corrected chi connectivity index (χ4v) is 2.06. The predicted molar refractivity (Wildman–Crippen MR) is 71.5 cm³/mol. The van der Waals surface area contributed by atoms with Crippen LogP contribution in [0.15, 0.2) is 29.2 Å². The molecule has 1 rings (SSSR count). The van der Waals surface area contributed by atoms with E-state index in [1.807, 2.05) is 12.1 Å². The number of thioether (sulfide) groups is 1. The van der Waals surface area contributed by atoms with Gasteiger partial charge in [0.25, 0.3) is 5.91 Å². The lowest BCUT2D eigenvalue weighted by molar-refractivity contribution is -0.153. The third-order valence-corrected chi connectivity index (χ3v) is 3.36. The minimum Gasteiger partial charge on any atom is -0.453 e. The molecule has 1 atom stereocenters. The molecule has 0 aromatic heterocycles. The first-order valence-corrected chi connectivity index (χ1v) is 6.72. The van der Waals surface area contributed by atoms with Crippen molar-refractivity contribution in [2.45, 2.75) is 24.3 Å². The van der Waals surface area contributed by atoms with Gasteiger partial charge >= 0.3 is 5.97 Å². The summed E-state index contributed by atoms with van der Waals surface area (Å²) in [4.78, 5) is 23.1. The highest BCUT2D eigenvalue weighted by atomic mass is 35.5.